The van der Waals surface area contributed by atoms with Crippen LogP contribution in [-0.2, 0) is 4.79 Å². The molecule has 0 aromatic heterocycles. The van der Waals surface area contributed by atoms with E-state index < -0.39 is 0 Å². The van der Waals surface area contributed by atoms with Crippen LogP contribution in [0.1, 0.15) is 27.7 Å². The molecule has 0 saturated carbocycles. The van der Waals surface area contributed by atoms with Crippen molar-refractivity contribution in [3.63, 3.8) is 0 Å². The predicted molar refractivity (Wildman–Crippen MR) is 67.4 cm³/mol. The SMILES string of the molecule is CNCC(=O)N(CC(C)C)CC(C)C.Cl. The van der Waals surface area contributed by atoms with E-state index in [0.29, 0.717) is 18.4 Å². The van der Waals surface area contributed by atoms with Crippen LogP contribution in [0, 0.1) is 11.8 Å². The van der Waals surface area contributed by atoms with Crippen molar-refractivity contribution in [2.75, 3.05) is 26.7 Å². The van der Waals surface area contributed by atoms with Crippen molar-refractivity contribution in [2.45, 2.75) is 27.7 Å². The summed E-state index contributed by atoms with van der Waals surface area (Å²) in [5.41, 5.74) is 0. The van der Waals surface area contributed by atoms with Crippen molar-refractivity contribution in [2.24, 2.45) is 11.8 Å². The summed E-state index contributed by atoms with van der Waals surface area (Å²) in [5, 5.41) is 2.90. The Hall–Kier alpha value is -0.280. The van der Waals surface area contributed by atoms with Gasteiger partial charge in [-0.25, -0.2) is 0 Å². The Labute approximate surface area is 100 Å². The first-order valence-electron chi connectivity index (χ1n) is 5.39. The van der Waals surface area contributed by atoms with Gasteiger partial charge < -0.3 is 10.2 Å². The van der Waals surface area contributed by atoms with E-state index in [1.807, 2.05) is 4.90 Å². The quantitative estimate of drug-likeness (QED) is 0.763. The summed E-state index contributed by atoms with van der Waals surface area (Å²) in [6.45, 7) is 10.7. The first-order valence-corrected chi connectivity index (χ1v) is 5.39. The molecule has 0 aromatic rings. The number of nitrogens with zero attached hydrogens (tertiary/aromatic N) is 1. The van der Waals surface area contributed by atoms with Gasteiger partial charge in [-0.2, -0.15) is 0 Å². The van der Waals surface area contributed by atoms with Gasteiger partial charge in [0.05, 0.1) is 6.54 Å². The molecule has 0 rings (SSSR count). The highest BCUT2D eigenvalue weighted by Crippen LogP contribution is 2.03. The van der Waals surface area contributed by atoms with E-state index in [4.69, 9.17) is 0 Å². The van der Waals surface area contributed by atoms with Crippen LogP contribution in [0.25, 0.3) is 0 Å². The Morgan fingerprint density at radius 2 is 1.53 bits per heavy atom. The van der Waals surface area contributed by atoms with Crippen LogP contribution < -0.4 is 5.32 Å². The molecular weight excluding hydrogens is 212 g/mol. The smallest absolute Gasteiger partial charge is 0.236 e. The first kappa shape index (κ1) is 17.1. The maximum atomic E-state index is 11.7. The molecule has 0 heterocycles. The van der Waals surface area contributed by atoms with Crippen molar-refractivity contribution in [3.8, 4) is 0 Å². The van der Waals surface area contributed by atoms with Gasteiger partial charge in [-0.15, -0.1) is 12.4 Å². The third-order valence-corrected chi connectivity index (χ3v) is 1.85. The van der Waals surface area contributed by atoms with Gasteiger partial charge in [0, 0.05) is 13.1 Å². The fraction of sp³-hybridized carbons (Fsp3) is 0.909. The molecule has 0 aliphatic heterocycles. The number of hydrogen-bond donors (Lipinski definition) is 1. The zero-order valence-electron chi connectivity index (χ0n) is 10.5. The van der Waals surface area contributed by atoms with Gasteiger partial charge in [0.2, 0.25) is 5.91 Å². The molecule has 3 nitrogen and oxygen atoms in total. The van der Waals surface area contributed by atoms with Crippen LogP contribution in [0.3, 0.4) is 0 Å². The Kier molecular flexibility index (Phi) is 10.3. The molecule has 0 atom stereocenters. The molecule has 0 bridgehead atoms. The van der Waals surface area contributed by atoms with Gasteiger partial charge in [0.1, 0.15) is 0 Å². The maximum Gasteiger partial charge on any atom is 0.236 e. The second-order valence-electron chi connectivity index (χ2n) is 4.62. The lowest BCUT2D eigenvalue weighted by Gasteiger charge is -2.26. The number of halogens is 1. The van der Waals surface area contributed by atoms with E-state index in [1.54, 1.807) is 7.05 Å². The second kappa shape index (κ2) is 8.98. The summed E-state index contributed by atoms with van der Waals surface area (Å²) < 4.78 is 0. The number of carbonyl (C=O) groups is 1. The van der Waals surface area contributed by atoms with Gasteiger partial charge in [0.15, 0.2) is 0 Å². The monoisotopic (exact) mass is 236 g/mol. The molecule has 0 radical (unpaired) electrons. The number of amides is 1. The minimum atomic E-state index is 0. The van der Waals surface area contributed by atoms with Gasteiger partial charge in [-0.05, 0) is 18.9 Å². The molecule has 15 heavy (non-hydrogen) atoms. The fourth-order valence-corrected chi connectivity index (χ4v) is 1.42. The summed E-state index contributed by atoms with van der Waals surface area (Å²) in [6, 6.07) is 0. The maximum absolute atomic E-state index is 11.7. The lowest BCUT2D eigenvalue weighted by molar-refractivity contribution is -0.131. The molecule has 92 valence electrons. The van der Waals surface area contributed by atoms with E-state index >= 15 is 0 Å². The van der Waals surface area contributed by atoms with Gasteiger partial charge in [-0.3, -0.25) is 4.79 Å². The number of nitrogens with one attached hydrogen (secondary N) is 1. The summed E-state index contributed by atoms with van der Waals surface area (Å²) in [6.07, 6.45) is 0. The van der Waals surface area contributed by atoms with Crippen molar-refractivity contribution in [1.82, 2.24) is 10.2 Å². The molecular formula is C11H25ClN2O. The number of hydrogen-bond acceptors (Lipinski definition) is 2. The van der Waals surface area contributed by atoms with Crippen molar-refractivity contribution in [1.29, 1.82) is 0 Å². The van der Waals surface area contributed by atoms with Crippen molar-refractivity contribution < 1.29 is 4.79 Å². The Morgan fingerprint density at radius 3 is 1.80 bits per heavy atom. The summed E-state index contributed by atoms with van der Waals surface area (Å²) in [7, 11) is 1.81. The average molecular weight is 237 g/mol. The standard InChI is InChI=1S/C11H24N2O.ClH/c1-9(2)7-13(8-10(3)4)11(14)6-12-5;/h9-10,12H,6-8H2,1-5H3;1H. The van der Waals surface area contributed by atoms with Crippen LogP contribution >= 0.6 is 12.4 Å². The lowest BCUT2D eigenvalue weighted by Crippen LogP contribution is -2.41. The molecule has 0 aromatic carbocycles. The third kappa shape index (κ3) is 8.70. The Bertz CT molecular complexity index is 162. The third-order valence-electron chi connectivity index (χ3n) is 1.85. The summed E-state index contributed by atoms with van der Waals surface area (Å²) in [5.74, 6) is 1.28. The molecule has 0 aliphatic carbocycles. The minimum Gasteiger partial charge on any atom is -0.341 e. The van der Waals surface area contributed by atoms with Crippen LogP contribution in [0.2, 0.25) is 0 Å². The molecule has 0 unspecified atom stereocenters. The Morgan fingerprint density at radius 1 is 1.13 bits per heavy atom. The number of carbonyl (C=O) groups excluding carboxylic acids is 1. The molecule has 1 amide bonds. The van der Waals surface area contributed by atoms with Crippen LogP contribution in [-0.4, -0.2) is 37.5 Å². The van der Waals surface area contributed by atoms with Crippen molar-refractivity contribution >= 4 is 18.3 Å². The molecule has 0 saturated heterocycles. The lowest BCUT2D eigenvalue weighted by atomic mass is 10.1. The van der Waals surface area contributed by atoms with E-state index in [-0.39, 0.29) is 18.3 Å². The van der Waals surface area contributed by atoms with Crippen molar-refractivity contribution in [3.05, 3.63) is 0 Å². The highest BCUT2D eigenvalue weighted by molar-refractivity contribution is 5.85. The summed E-state index contributed by atoms with van der Waals surface area (Å²) in [4.78, 5) is 13.6. The van der Waals surface area contributed by atoms with E-state index in [1.165, 1.54) is 0 Å². The fourth-order valence-electron chi connectivity index (χ4n) is 1.42. The van der Waals surface area contributed by atoms with E-state index in [9.17, 15) is 4.79 Å². The predicted octanol–water partition coefficient (Wildman–Crippen LogP) is 1.77. The minimum absolute atomic E-state index is 0. The van der Waals surface area contributed by atoms with Crippen LogP contribution in [0.4, 0.5) is 0 Å². The summed E-state index contributed by atoms with van der Waals surface area (Å²) >= 11 is 0. The van der Waals surface area contributed by atoms with Gasteiger partial charge in [0.25, 0.3) is 0 Å². The molecule has 0 fully saturated rings. The molecule has 0 aliphatic rings. The zero-order chi connectivity index (χ0) is 11.1. The van der Waals surface area contributed by atoms with Gasteiger partial charge >= 0.3 is 0 Å². The van der Waals surface area contributed by atoms with E-state index in [0.717, 1.165) is 13.1 Å². The second-order valence-corrected chi connectivity index (χ2v) is 4.62. The highest BCUT2D eigenvalue weighted by Gasteiger charge is 2.14. The van der Waals surface area contributed by atoms with Gasteiger partial charge in [-0.1, -0.05) is 27.7 Å². The largest absolute Gasteiger partial charge is 0.341 e. The molecule has 4 heteroatoms. The Balaban J connectivity index is 0. The normalized spacial score (nSPS) is 10.3. The van der Waals surface area contributed by atoms with Crippen LogP contribution in [0.5, 0.6) is 0 Å². The van der Waals surface area contributed by atoms with Crippen LogP contribution in [0.15, 0.2) is 0 Å². The molecule has 0 spiro atoms. The average Bonchev–Trinajstić information content (AvgIpc) is 2.01. The highest BCUT2D eigenvalue weighted by atomic mass is 35.5. The first-order chi connectivity index (χ1) is 6.47. The van der Waals surface area contributed by atoms with E-state index in [2.05, 4.69) is 33.0 Å². The molecule has 1 N–H and O–H groups in total. The topological polar surface area (TPSA) is 32.3 Å². The zero-order valence-corrected chi connectivity index (χ0v) is 11.4. The number of rotatable bonds is 6. The number of likely N-dealkylation sites (N-methyl/N-ethyl adjacent to an activating group) is 1.